The number of aryl methyl sites for hydroxylation is 2. The lowest BCUT2D eigenvalue weighted by Gasteiger charge is -2.06. The van der Waals surface area contributed by atoms with Gasteiger partial charge in [0.2, 0.25) is 10.0 Å². The van der Waals surface area contributed by atoms with E-state index in [1.807, 2.05) is 13.8 Å². The SMILES string of the molecule is Cc1cc(S(=O)(=O)NCCNC2CC2)c(C)s1. The van der Waals surface area contributed by atoms with E-state index < -0.39 is 10.0 Å². The molecule has 1 aromatic rings. The van der Waals surface area contributed by atoms with Crippen molar-refractivity contribution in [1.82, 2.24) is 10.0 Å². The zero-order valence-corrected chi connectivity index (χ0v) is 11.7. The molecular weight excluding hydrogens is 256 g/mol. The van der Waals surface area contributed by atoms with Gasteiger partial charge in [0.05, 0.1) is 4.90 Å². The summed E-state index contributed by atoms with van der Waals surface area (Å²) in [6, 6.07) is 2.35. The molecule has 6 heteroatoms. The van der Waals surface area contributed by atoms with Gasteiger partial charge in [0.15, 0.2) is 0 Å². The third-order valence-electron chi connectivity index (χ3n) is 2.71. The van der Waals surface area contributed by atoms with Crippen LogP contribution in [0.15, 0.2) is 11.0 Å². The first kappa shape index (κ1) is 13.0. The molecule has 4 nitrogen and oxygen atoms in total. The molecule has 0 bridgehead atoms. The molecule has 0 aromatic carbocycles. The van der Waals surface area contributed by atoms with Crippen LogP contribution in [-0.2, 0) is 10.0 Å². The second-order valence-corrected chi connectivity index (χ2v) is 7.60. The molecular formula is C11H18N2O2S2. The molecule has 1 aliphatic rings. The Balaban J connectivity index is 1.90. The van der Waals surface area contributed by atoms with Gasteiger partial charge in [0, 0.05) is 28.9 Å². The first-order valence-electron chi connectivity index (χ1n) is 5.79. The largest absolute Gasteiger partial charge is 0.313 e. The predicted molar refractivity (Wildman–Crippen MR) is 70.0 cm³/mol. The van der Waals surface area contributed by atoms with Crippen molar-refractivity contribution in [3.05, 3.63) is 15.8 Å². The fourth-order valence-electron chi connectivity index (χ4n) is 1.70. The van der Waals surface area contributed by atoms with Gasteiger partial charge in [-0.3, -0.25) is 0 Å². The predicted octanol–water partition coefficient (Wildman–Crippen LogP) is 1.40. The van der Waals surface area contributed by atoms with Crippen molar-refractivity contribution in [2.45, 2.75) is 37.6 Å². The van der Waals surface area contributed by atoms with E-state index in [9.17, 15) is 8.42 Å². The smallest absolute Gasteiger partial charge is 0.241 e. The van der Waals surface area contributed by atoms with Gasteiger partial charge in [-0.05, 0) is 32.8 Å². The Morgan fingerprint density at radius 2 is 2.06 bits per heavy atom. The Kier molecular flexibility index (Phi) is 3.87. The van der Waals surface area contributed by atoms with E-state index in [1.54, 1.807) is 6.07 Å². The van der Waals surface area contributed by atoms with Crippen LogP contribution in [-0.4, -0.2) is 27.5 Å². The molecule has 0 amide bonds. The van der Waals surface area contributed by atoms with Gasteiger partial charge in [-0.25, -0.2) is 13.1 Å². The van der Waals surface area contributed by atoms with Gasteiger partial charge >= 0.3 is 0 Å². The molecule has 2 rings (SSSR count). The zero-order valence-electron chi connectivity index (χ0n) is 10.1. The lowest BCUT2D eigenvalue weighted by molar-refractivity contribution is 0.575. The molecule has 0 spiro atoms. The van der Waals surface area contributed by atoms with E-state index in [0.29, 0.717) is 24.0 Å². The van der Waals surface area contributed by atoms with Crippen LogP contribution in [0.25, 0.3) is 0 Å². The minimum Gasteiger partial charge on any atom is -0.313 e. The molecule has 1 aliphatic carbocycles. The Morgan fingerprint density at radius 1 is 1.35 bits per heavy atom. The van der Waals surface area contributed by atoms with Crippen molar-refractivity contribution in [3.8, 4) is 0 Å². The summed E-state index contributed by atoms with van der Waals surface area (Å²) >= 11 is 1.52. The fraction of sp³-hybridized carbons (Fsp3) is 0.636. The van der Waals surface area contributed by atoms with Gasteiger partial charge < -0.3 is 5.32 Å². The maximum Gasteiger partial charge on any atom is 0.241 e. The lowest BCUT2D eigenvalue weighted by atomic mass is 10.4. The number of sulfonamides is 1. The highest BCUT2D eigenvalue weighted by atomic mass is 32.2. The van der Waals surface area contributed by atoms with Gasteiger partial charge in [0.1, 0.15) is 0 Å². The zero-order chi connectivity index (χ0) is 12.5. The van der Waals surface area contributed by atoms with Crippen molar-refractivity contribution in [2.75, 3.05) is 13.1 Å². The van der Waals surface area contributed by atoms with Crippen LogP contribution in [0.4, 0.5) is 0 Å². The first-order chi connectivity index (χ1) is 7.99. The molecule has 96 valence electrons. The van der Waals surface area contributed by atoms with Crippen LogP contribution >= 0.6 is 11.3 Å². The van der Waals surface area contributed by atoms with E-state index in [1.165, 1.54) is 24.2 Å². The summed E-state index contributed by atoms with van der Waals surface area (Å²) in [5.41, 5.74) is 0. The number of hydrogen-bond acceptors (Lipinski definition) is 4. The third kappa shape index (κ3) is 3.51. The monoisotopic (exact) mass is 274 g/mol. The second-order valence-electron chi connectivity index (χ2n) is 4.40. The molecule has 0 aliphatic heterocycles. The van der Waals surface area contributed by atoms with E-state index >= 15 is 0 Å². The van der Waals surface area contributed by atoms with Crippen LogP contribution in [0.3, 0.4) is 0 Å². The van der Waals surface area contributed by atoms with Crippen molar-refractivity contribution >= 4 is 21.4 Å². The molecule has 0 saturated heterocycles. The highest BCUT2D eigenvalue weighted by Gasteiger charge is 2.21. The minimum atomic E-state index is -3.33. The van der Waals surface area contributed by atoms with E-state index in [0.717, 1.165) is 9.75 Å². The van der Waals surface area contributed by atoms with Gasteiger partial charge in [-0.2, -0.15) is 0 Å². The van der Waals surface area contributed by atoms with Gasteiger partial charge in [-0.1, -0.05) is 0 Å². The second kappa shape index (κ2) is 5.06. The topological polar surface area (TPSA) is 58.2 Å². The maximum atomic E-state index is 12.0. The Morgan fingerprint density at radius 3 is 2.59 bits per heavy atom. The van der Waals surface area contributed by atoms with Gasteiger partial charge in [-0.15, -0.1) is 11.3 Å². The molecule has 0 radical (unpaired) electrons. The highest BCUT2D eigenvalue weighted by Crippen LogP contribution is 2.24. The Bertz CT molecular complexity index is 490. The standard InChI is InChI=1S/C11H18N2O2S2/c1-8-7-11(9(2)16-8)17(14,15)13-6-5-12-10-3-4-10/h7,10,12-13H,3-6H2,1-2H3. The highest BCUT2D eigenvalue weighted by molar-refractivity contribution is 7.89. The molecule has 0 atom stereocenters. The van der Waals surface area contributed by atoms with Crippen LogP contribution in [0.2, 0.25) is 0 Å². The van der Waals surface area contributed by atoms with Crippen molar-refractivity contribution < 1.29 is 8.42 Å². The molecule has 1 aromatic heterocycles. The normalized spacial score (nSPS) is 16.4. The van der Waals surface area contributed by atoms with Crippen LogP contribution < -0.4 is 10.0 Å². The van der Waals surface area contributed by atoms with E-state index in [2.05, 4.69) is 10.0 Å². The Labute approximate surface area is 106 Å². The third-order valence-corrected chi connectivity index (χ3v) is 5.39. The first-order valence-corrected chi connectivity index (χ1v) is 8.09. The molecule has 1 saturated carbocycles. The number of hydrogen-bond donors (Lipinski definition) is 2. The summed E-state index contributed by atoms with van der Waals surface area (Å²) in [6.45, 7) is 4.92. The van der Waals surface area contributed by atoms with Crippen LogP contribution in [0.1, 0.15) is 22.6 Å². The molecule has 1 heterocycles. The summed E-state index contributed by atoms with van der Waals surface area (Å²) in [6.07, 6.45) is 2.44. The number of thiophene rings is 1. The fourth-order valence-corrected chi connectivity index (χ4v) is 4.29. The average Bonchev–Trinajstić information content (AvgIpc) is 2.99. The van der Waals surface area contributed by atoms with Crippen LogP contribution in [0.5, 0.6) is 0 Å². The number of nitrogens with one attached hydrogen (secondary N) is 2. The Hall–Kier alpha value is -0.430. The number of rotatable bonds is 6. The van der Waals surface area contributed by atoms with E-state index in [4.69, 9.17) is 0 Å². The average molecular weight is 274 g/mol. The van der Waals surface area contributed by atoms with Crippen molar-refractivity contribution in [3.63, 3.8) is 0 Å². The quantitative estimate of drug-likeness (QED) is 0.771. The van der Waals surface area contributed by atoms with Crippen molar-refractivity contribution in [2.24, 2.45) is 0 Å². The summed E-state index contributed by atoms with van der Waals surface area (Å²) < 4.78 is 26.6. The maximum absolute atomic E-state index is 12.0. The summed E-state index contributed by atoms with van der Waals surface area (Å²) in [5, 5.41) is 3.28. The van der Waals surface area contributed by atoms with Crippen molar-refractivity contribution in [1.29, 1.82) is 0 Å². The van der Waals surface area contributed by atoms with Crippen LogP contribution in [0, 0.1) is 13.8 Å². The summed E-state index contributed by atoms with van der Waals surface area (Å²) in [5.74, 6) is 0. The lowest BCUT2D eigenvalue weighted by Crippen LogP contribution is -2.32. The summed E-state index contributed by atoms with van der Waals surface area (Å²) in [7, 11) is -3.33. The molecule has 0 unspecified atom stereocenters. The van der Waals surface area contributed by atoms with Gasteiger partial charge in [0.25, 0.3) is 0 Å². The molecule has 1 fully saturated rings. The molecule has 2 N–H and O–H groups in total. The minimum absolute atomic E-state index is 0.423. The molecule has 17 heavy (non-hydrogen) atoms. The summed E-state index contributed by atoms with van der Waals surface area (Å²) in [4.78, 5) is 2.30. The van der Waals surface area contributed by atoms with E-state index in [-0.39, 0.29) is 0 Å².